The predicted molar refractivity (Wildman–Crippen MR) is 116 cm³/mol. The van der Waals surface area contributed by atoms with Crippen LogP contribution in [-0.2, 0) is 0 Å². The molecule has 0 bridgehead atoms. The highest BCUT2D eigenvalue weighted by Crippen LogP contribution is 2.32. The Morgan fingerprint density at radius 1 is 1.14 bits per heavy atom. The molecule has 4 heterocycles. The van der Waals surface area contributed by atoms with Gasteiger partial charge in [0.2, 0.25) is 0 Å². The standard InChI is InChI=1S/C20H21N7OS/c1-26-4-6-27(7-5-26)20-25-17(11-29-20)12-8-14(18(21)22-10-12)19-23-15-3-2-13(28)9-16(15)24-19/h2-3,8-11,28H,4-7H2,1H3,(H2,21,22)(H,23,24). The first-order valence-electron chi connectivity index (χ1n) is 9.41. The van der Waals surface area contributed by atoms with Crippen LogP contribution in [0.25, 0.3) is 33.7 Å². The third-order valence-electron chi connectivity index (χ3n) is 5.20. The van der Waals surface area contributed by atoms with Crippen LogP contribution >= 0.6 is 11.3 Å². The van der Waals surface area contributed by atoms with E-state index in [4.69, 9.17) is 10.7 Å². The minimum absolute atomic E-state index is 0.187. The number of fused-ring (bicyclic) bond motifs is 1. The number of anilines is 2. The second-order valence-corrected chi connectivity index (χ2v) is 8.09. The van der Waals surface area contributed by atoms with Gasteiger partial charge in [-0.1, -0.05) is 0 Å². The lowest BCUT2D eigenvalue weighted by Gasteiger charge is -2.32. The molecule has 0 radical (unpaired) electrons. The van der Waals surface area contributed by atoms with E-state index < -0.39 is 0 Å². The minimum Gasteiger partial charge on any atom is -0.508 e. The van der Waals surface area contributed by atoms with Crippen molar-refractivity contribution in [1.29, 1.82) is 0 Å². The molecule has 0 unspecified atom stereocenters. The number of piperazine rings is 1. The van der Waals surface area contributed by atoms with Crippen molar-refractivity contribution in [1.82, 2.24) is 24.8 Å². The van der Waals surface area contributed by atoms with Gasteiger partial charge in [0.15, 0.2) is 5.13 Å². The van der Waals surface area contributed by atoms with Crippen molar-refractivity contribution in [2.75, 3.05) is 43.9 Å². The molecule has 0 amide bonds. The number of phenols is 1. The summed E-state index contributed by atoms with van der Waals surface area (Å²) in [4.78, 5) is 21.6. The van der Waals surface area contributed by atoms with Crippen molar-refractivity contribution in [2.24, 2.45) is 0 Å². The fraction of sp³-hybridized carbons (Fsp3) is 0.250. The number of nitrogens with two attached hydrogens (primary N) is 1. The number of aromatic nitrogens is 4. The number of H-pyrrole nitrogens is 1. The van der Waals surface area contributed by atoms with Gasteiger partial charge in [-0.25, -0.2) is 15.0 Å². The third kappa shape index (κ3) is 3.39. The molecule has 1 saturated heterocycles. The summed E-state index contributed by atoms with van der Waals surface area (Å²) >= 11 is 1.65. The second-order valence-electron chi connectivity index (χ2n) is 7.25. The maximum absolute atomic E-state index is 9.68. The average molecular weight is 408 g/mol. The van der Waals surface area contributed by atoms with Gasteiger partial charge >= 0.3 is 0 Å². The highest BCUT2D eigenvalue weighted by atomic mass is 32.1. The van der Waals surface area contributed by atoms with Crippen LogP contribution in [0.2, 0.25) is 0 Å². The van der Waals surface area contributed by atoms with E-state index in [0.29, 0.717) is 17.2 Å². The maximum Gasteiger partial charge on any atom is 0.185 e. The number of hydrogen-bond acceptors (Lipinski definition) is 8. The van der Waals surface area contributed by atoms with Gasteiger partial charge in [0.05, 0.1) is 22.3 Å². The van der Waals surface area contributed by atoms with E-state index in [2.05, 4.69) is 37.2 Å². The Balaban J connectivity index is 1.48. The molecule has 1 aliphatic heterocycles. The molecule has 0 spiro atoms. The number of nitrogen functional groups attached to an aromatic ring is 1. The molecule has 1 aromatic carbocycles. The van der Waals surface area contributed by atoms with Crippen molar-refractivity contribution in [3.63, 3.8) is 0 Å². The van der Waals surface area contributed by atoms with Crippen LogP contribution in [0.1, 0.15) is 0 Å². The largest absolute Gasteiger partial charge is 0.508 e. The summed E-state index contributed by atoms with van der Waals surface area (Å²) in [5, 5.41) is 12.8. The summed E-state index contributed by atoms with van der Waals surface area (Å²) in [6.45, 7) is 4.06. The van der Waals surface area contributed by atoms with Crippen molar-refractivity contribution in [2.45, 2.75) is 0 Å². The molecular formula is C20H21N7OS. The molecule has 29 heavy (non-hydrogen) atoms. The van der Waals surface area contributed by atoms with E-state index in [1.54, 1.807) is 35.7 Å². The number of pyridine rings is 1. The van der Waals surface area contributed by atoms with E-state index >= 15 is 0 Å². The number of imidazole rings is 1. The highest BCUT2D eigenvalue weighted by molar-refractivity contribution is 7.14. The van der Waals surface area contributed by atoms with Crippen LogP contribution in [0.15, 0.2) is 35.8 Å². The van der Waals surface area contributed by atoms with Crippen LogP contribution in [0.5, 0.6) is 5.75 Å². The molecule has 0 saturated carbocycles. The molecule has 148 valence electrons. The number of phenolic OH excluding ortho intramolecular Hbond substituents is 1. The lowest BCUT2D eigenvalue weighted by atomic mass is 10.1. The van der Waals surface area contributed by atoms with Crippen molar-refractivity contribution >= 4 is 33.3 Å². The van der Waals surface area contributed by atoms with Gasteiger partial charge in [0, 0.05) is 49.4 Å². The summed E-state index contributed by atoms with van der Waals surface area (Å²) in [6, 6.07) is 6.98. The molecule has 4 aromatic rings. The van der Waals surface area contributed by atoms with E-state index in [9.17, 15) is 5.11 Å². The molecule has 3 aromatic heterocycles. The number of rotatable bonds is 3. The molecule has 0 atom stereocenters. The third-order valence-corrected chi connectivity index (χ3v) is 6.10. The molecule has 8 nitrogen and oxygen atoms in total. The number of hydrogen-bond donors (Lipinski definition) is 3. The smallest absolute Gasteiger partial charge is 0.185 e. The van der Waals surface area contributed by atoms with E-state index in [-0.39, 0.29) is 5.75 Å². The fourth-order valence-electron chi connectivity index (χ4n) is 3.47. The zero-order valence-electron chi connectivity index (χ0n) is 16.0. The van der Waals surface area contributed by atoms with Gasteiger partial charge in [-0.05, 0) is 25.2 Å². The van der Waals surface area contributed by atoms with Gasteiger partial charge in [0.25, 0.3) is 0 Å². The quantitative estimate of drug-likeness (QED) is 0.479. The van der Waals surface area contributed by atoms with Crippen LogP contribution in [0, 0.1) is 0 Å². The molecule has 5 rings (SSSR count). The van der Waals surface area contributed by atoms with Crippen molar-refractivity contribution in [3.8, 4) is 28.4 Å². The summed E-state index contributed by atoms with van der Waals surface area (Å²) in [5.41, 5.74) is 10.1. The van der Waals surface area contributed by atoms with Gasteiger partial charge in [-0.2, -0.15) is 0 Å². The number of thiazole rings is 1. The molecule has 9 heteroatoms. The van der Waals surface area contributed by atoms with Gasteiger partial charge < -0.3 is 25.6 Å². The normalized spacial score (nSPS) is 15.3. The average Bonchev–Trinajstić information content (AvgIpc) is 3.36. The van der Waals surface area contributed by atoms with E-state index in [0.717, 1.165) is 53.6 Å². The Kier molecular flexibility index (Phi) is 4.33. The van der Waals surface area contributed by atoms with Crippen molar-refractivity contribution < 1.29 is 5.11 Å². The Labute approximate surface area is 171 Å². The monoisotopic (exact) mass is 407 g/mol. The summed E-state index contributed by atoms with van der Waals surface area (Å²) in [6.07, 6.45) is 1.75. The van der Waals surface area contributed by atoms with Crippen LogP contribution < -0.4 is 10.6 Å². The predicted octanol–water partition coefficient (Wildman–Crippen LogP) is 2.79. The van der Waals surface area contributed by atoms with Gasteiger partial charge in [-0.3, -0.25) is 0 Å². The second kappa shape index (κ2) is 7.02. The van der Waals surface area contributed by atoms with E-state index in [1.165, 1.54) is 0 Å². The van der Waals surface area contributed by atoms with Gasteiger partial charge in [-0.15, -0.1) is 11.3 Å². The van der Waals surface area contributed by atoms with Crippen LogP contribution in [-0.4, -0.2) is 63.2 Å². The van der Waals surface area contributed by atoms with Crippen molar-refractivity contribution in [3.05, 3.63) is 35.8 Å². The first-order valence-corrected chi connectivity index (χ1v) is 10.3. The lowest BCUT2D eigenvalue weighted by Crippen LogP contribution is -2.44. The number of likely N-dealkylation sites (N-methyl/N-ethyl adjacent to an activating group) is 1. The molecular weight excluding hydrogens is 386 g/mol. The van der Waals surface area contributed by atoms with E-state index in [1.807, 2.05) is 6.07 Å². The first-order chi connectivity index (χ1) is 14.1. The Morgan fingerprint density at radius 2 is 1.97 bits per heavy atom. The number of nitrogens with one attached hydrogen (secondary N) is 1. The van der Waals surface area contributed by atoms with Crippen LogP contribution in [0.3, 0.4) is 0 Å². The lowest BCUT2D eigenvalue weighted by molar-refractivity contribution is 0.313. The molecule has 1 aliphatic rings. The Hall–Kier alpha value is -3.17. The highest BCUT2D eigenvalue weighted by Gasteiger charge is 2.18. The molecule has 1 fully saturated rings. The summed E-state index contributed by atoms with van der Waals surface area (Å²) in [5.74, 6) is 1.20. The number of benzene rings is 1. The summed E-state index contributed by atoms with van der Waals surface area (Å²) in [7, 11) is 2.14. The fourth-order valence-corrected chi connectivity index (χ4v) is 4.36. The van der Waals surface area contributed by atoms with Crippen LogP contribution in [0.4, 0.5) is 10.9 Å². The SMILES string of the molecule is CN1CCN(c2nc(-c3cnc(N)c(-c4nc5ccc(O)cc5[nH]4)c3)cs2)CC1. The molecule has 4 N–H and O–H groups in total. The topological polar surface area (TPSA) is 107 Å². The number of aromatic amines is 1. The zero-order chi connectivity index (χ0) is 20.0. The van der Waals surface area contributed by atoms with Gasteiger partial charge in [0.1, 0.15) is 17.4 Å². The Bertz CT molecular complexity index is 1180. The first kappa shape index (κ1) is 17.9. The zero-order valence-corrected chi connectivity index (χ0v) is 16.8. The minimum atomic E-state index is 0.187. The maximum atomic E-state index is 9.68. The number of aromatic hydroxyl groups is 1. The molecule has 0 aliphatic carbocycles. The summed E-state index contributed by atoms with van der Waals surface area (Å²) < 4.78 is 0. The Morgan fingerprint density at radius 3 is 2.79 bits per heavy atom. The number of nitrogens with zero attached hydrogens (tertiary/aromatic N) is 5.